The molecule has 2 saturated carbocycles. The molecule has 10 radical (unpaired) electrons. The van der Waals surface area contributed by atoms with Crippen molar-refractivity contribution < 1.29 is 31.7 Å². The minimum atomic E-state index is -1.54. The number of methoxy groups -OCH3 is 1. The van der Waals surface area contributed by atoms with Crippen molar-refractivity contribution in [2.75, 3.05) is 7.11 Å². The van der Waals surface area contributed by atoms with Crippen LogP contribution in [0.1, 0.15) is 6.92 Å². The molecule has 3 aliphatic carbocycles. The van der Waals surface area contributed by atoms with E-state index in [2.05, 4.69) is 0 Å². The number of carbonyl (C=O) groups is 1. The molecule has 1 N–H and O–H groups in total. The van der Waals surface area contributed by atoms with E-state index in [9.17, 15) is 9.90 Å². The van der Waals surface area contributed by atoms with E-state index >= 15 is 0 Å². The molecule has 0 heterocycles. The first-order chi connectivity index (χ1) is 10.6. The van der Waals surface area contributed by atoms with Crippen LogP contribution in [0, 0.1) is 69.6 Å². The molecule has 120 valence electrons. The fourth-order valence-corrected chi connectivity index (χ4v) is 2.51. The van der Waals surface area contributed by atoms with Crippen LogP contribution < -0.4 is 0 Å². The van der Waals surface area contributed by atoms with E-state index in [-0.39, 0.29) is 22.9 Å². The molecule has 2 unspecified atom stereocenters. The molecule has 0 aliphatic heterocycles. The number of hydrogen-bond donors (Lipinski definition) is 1. The molecule has 0 aromatic carbocycles. The molecule has 3 aliphatic rings. The predicted molar refractivity (Wildman–Crippen MR) is 85.3 cm³/mol. The summed E-state index contributed by atoms with van der Waals surface area (Å²) in [6, 6.07) is 0. The average Bonchev–Trinajstić information content (AvgIpc) is 3.24. The first kappa shape index (κ1) is 20.5. The topological polar surface area (TPSA) is 46.5 Å². The maximum Gasteiger partial charge on any atom is 2.00 e. The van der Waals surface area contributed by atoms with Gasteiger partial charge in [-0.1, -0.05) is 13.0 Å². The number of carbonyl (C=O) groups excluding carboxylic acids is 1. The largest absolute Gasteiger partial charge is 2.00 e. The van der Waals surface area contributed by atoms with Crippen LogP contribution in [0.15, 0.2) is 24.0 Å². The van der Waals surface area contributed by atoms with Crippen LogP contribution in [-0.4, -0.2) is 23.6 Å². The summed E-state index contributed by atoms with van der Waals surface area (Å²) < 4.78 is 5.22. The molecular weight excluding hydrogens is 332 g/mol. The number of hydrogen-bond acceptors (Lipinski definition) is 3. The second-order valence-electron chi connectivity index (χ2n) is 5.12. The van der Waals surface area contributed by atoms with E-state index in [1.165, 1.54) is 13.2 Å². The fraction of sp³-hybridized carbons (Fsp3) is 0.211. The van der Waals surface area contributed by atoms with Gasteiger partial charge in [0.2, 0.25) is 0 Å². The molecular formula is C19H20FeO3+2. The Balaban J connectivity index is 0.000000377. The number of allylic oxidation sites excluding steroid dienone is 2. The maximum absolute atomic E-state index is 12.1. The van der Waals surface area contributed by atoms with Gasteiger partial charge in [0.05, 0.1) is 13.0 Å². The SMILES string of the molecule is COC1=CC=CC(=O)C(O)([C]2[CH][CH][CH][CH]2)C1C.[CH]1[CH][CH][CH][CH]1.[Fe+2]. The first-order valence-corrected chi connectivity index (χ1v) is 7.18. The quantitative estimate of drug-likeness (QED) is 0.777. The van der Waals surface area contributed by atoms with Crippen LogP contribution in [0.2, 0.25) is 0 Å². The molecule has 3 rings (SSSR count). The first-order valence-electron chi connectivity index (χ1n) is 7.18. The summed E-state index contributed by atoms with van der Waals surface area (Å²) in [7, 11) is 1.54. The van der Waals surface area contributed by atoms with Crippen molar-refractivity contribution in [3.05, 3.63) is 87.7 Å². The Labute approximate surface area is 151 Å². The number of rotatable bonds is 2. The number of ketones is 1. The summed E-state index contributed by atoms with van der Waals surface area (Å²) in [5.74, 6) is 0.456. The van der Waals surface area contributed by atoms with Crippen LogP contribution in [0.5, 0.6) is 0 Å². The minimum Gasteiger partial charge on any atom is -0.501 e. The number of aliphatic hydroxyl groups is 1. The smallest absolute Gasteiger partial charge is 0.501 e. The zero-order valence-electron chi connectivity index (χ0n) is 13.1. The standard InChI is InChI=1S/C14H15O3.C5H5.Fe/c1-10-12(17-2)8-5-9-13(15)14(10,16)11-6-3-4-7-11;1-2-4-5-3-1;/h3-10,16H,1-2H3;1-5H;/q;;+2. The third kappa shape index (κ3) is 4.71. The summed E-state index contributed by atoms with van der Waals surface area (Å²) in [4.78, 5) is 12.1. The summed E-state index contributed by atoms with van der Waals surface area (Å²) in [5, 5.41) is 10.7. The predicted octanol–water partition coefficient (Wildman–Crippen LogP) is 2.45. The van der Waals surface area contributed by atoms with Crippen LogP contribution in [-0.2, 0) is 26.6 Å². The van der Waals surface area contributed by atoms with Gasteiger partial charge >= 0.3 is 17.1 Å². The Hall–Kier alpha value is -0.571. The van der Waals surface area contributed by atoms with Gasteiger partial charge in [-0.25, -0.2) is 0 Å². The number of ether oxygens (including phenoxy) is 1. The van der Waals surface area contributed by atoms with Gasteiger partial charge in [0, 0.05) is 5.92 Å². The van der Waals surface area contributed by atoms with E-state index in [4.69, 9.17) is 4.74 Å². The van der Waals surface area contributed by atoms with Crippen LogP contribution in [0.3, 0.4) is 0 Å². The zero-order chi connectivity index (χ0) is 16.0. The van der Waals surface area contributed by atoms with Gasteiger partial charge in [-0.05, 0) is 69.9 Å². The Morgan fingerprint density at radius 2 is 1.57 bits per heavy atom. The normalized spacial score (nSPS) is 30.8. The Morgan fingerprint density at radius 1 is 1.04 bits per heavy atom. The van der Waals surface area contributed by atoms with Crippen molar-refractivity contribution in [1.29, 1.82) is 0 Å². The van der Waals surface area contributed by atoms with Gasteiger partial charge in [0.25, 0.3) is 0 Å². The van der Waals surface area contributed by atoms with E-state index in [1.807, 2.05) is 32.1 Å². The second-order valence-corrected chi connectivity index (χ2v) is 5.12. The second kappa shape index (κ2) is 9.66. The molecule has 2 fully saturated rings. The summed E-state index contributed by atoms with van der Waals surface area (Å²) in [6.07, 6.45) is 21.8. The molecule has 0 bridgehead atoms. The monoisotopic (exact) mass is 352 g/mol. The summed E-state index contributed by atoms with van der Waals surface area (Å²) in [5.41, 5.74) is -1.54. The third-order valence-corrected chi connectivity index (χ3v) is 3.83. The average molecular weight is 352 g/mol. The van der Waals surface area contributed by atoms with Gasteiger partial charge < -0.3 is 9.84 Å². The molecule has 0 spiro atoms. The van der Waals surface area contributed by atoms with Crippen molar-refractivity contribution in [3.63, 3.8) is 0 Å². The summed E-state index contributed by atoms with van der Waals surface area (Å²) in [6.45, 7) is 1.78. The van der Waals surface area contributed by atoms with Gasteiger partial charge in [0.15, 0.2) is 5.78 Å². The van der Waals surface area contributed by atoms with Gasteiger partial charge in [0.1, 0.15) is 11.4 Å². The van der Waals surface area contributed by atoms with Crippen molar-refractivity contribution in [2.24, 2.45) is 5.92 Å². The molecule has 0 aromatic rings. The van der Waals surface area contributed by atoms with Crippen molar-refractivity contribution in [1.82, 2.24) is 0 Å². The van der Waals surface area contributed by atoms with E-state index < -0.39 is 11.5 Å². The minimum absolute atomic E-state index is 0. The van der Waals surface area contributed by atoms with Gasteiger partial charge in [-0.2, -0.15) is 0 Å². The Bertz CT molecular complexity index is 426. The maximum atomic E-state index is 12.1. The van der Waals surface area contributed by atoms with Crippen LogP contribution in [0.25, 0.3) is 0 Å². The van der Waals surface area contributed by atoms with Gasteiger partial charge in [-0.15, -0.1) is 0 Å². The van der Waals surface area contributed by atoms with Crippen LogP contribution in [0.4, 0.5) is 0 Å². The summed E-state index contributed by atoms with van der Waals surface area (Å²) >= 11 is 0. The molecule has 0 aromatic heterocycles. The molecule has 4 heteroatoms. The van der Waals surface area contributed by atoms with Crippen molar-refractivity contribution >= 4 is 5.78 Å². The Kier molecular flexibility index (Phi) is 8.60. The van der Waals surface area contributed by atoms with Crippen molar-refractivity contribution in [2.45, 2.75) is 12.5 Å². The molecule has 0 amide bonds. The fourth-order valence-electron chi connectivity index (χ4n) is 2.51. The molecule has 23 heavy (non-hydrogen) atoms. The molecule has 0 saturated heterocycles. The third-order valence-electron chi connectivity index (χ3n) is 3.83. The van der Waals surface area contributed by atoms with E-state index in [0.29, 0.717) is 11.7 Å². The van der Waals surface area contributed by atoms with Crippen LogP contribution >= 0.6 is 0 Å². The van der Waals surface area contributed by atoms with E-state index in [1.54, 1.807) is 44.8 Å². The van der Waals surface area contributed by atoms with E-state index in [0.717, 1.165) is 0 Å². The van der Waals surface area contributed by atoms with Gasteiger partial charge in [-0.3, -0.25) is 4.79 Å². The molecule has 2 atom stereocenters. The zero-order valence-corrected chi connectivity index (χ0v) is 14.2. The Morgan fingerprint density at radius 3 is 2.04 bits per heavy atom. The van der Waals surface area contributed by atoms with Crippen molar-refractivity contribution in [3.8, 4) is 0 Å². The molecule has 3 nitrogen and oxygen atoms in total.